The van der Waals surface area contributed by atoms with Gasteiger partial charge in [-0.15, -0.1) is 4.91 Å². The minimum absolute atomic E-state index is 0.193. The minimum Gasteiger partial charge on any atom is -0.289 e. The molecule has 0 aromatic heterocycles. The van der Waals surface area contributed by atoms with E-state index in [4.69, 9.17) is 11.6 Å². The molecular weight excluding hydrogens is 276 g/mol. The van der Waals surface area contributed by atoms with E-state index in [2.05, 4.69) is 5.29 Å². The van der Waals surface area contributed by atoms with Crippen LogP contribution < -0.4 is 5.01 Å². The lowest BCUT2D eigenvalue weighted by atomic mass is 9.99. The maximum absolute atomic E-state index is 12.6. The van der Waals surface area contributed by atoms with Gasteiger partial charge >= 0.3 is 0 Å². The molecule has 0 fully saturated rings. The highest BCUT2D eigenvalue weighted by Gasteiger charge is 2.17. The van der Waals surface area contributed by atoms with Crippen molar-refractivity contribution >= 4 is 23.1 Å². The third-order valence-electron chi connectivity index (χ3n) is 2.95. The Morgan fingerprint density at radius 3 is 2.60 bits per heavy atom. The van der Waals surface area contributed by atoms with Gasteiger partial charge in [-0.1, -0.05) is 35.4 Å². The highest BCUT2D eigenvalue weighted by molar-refractivity contribution is 6.31. The van der Waals surface area contributed by atoms with Crippen LogP contribution in [0.25, 0.3) is 0 Å². The number of carbonyl (C=O) groups is 1. The number of benzene rings is 2. The second-order valence-electron chi connectivity index (χ2n) is 4.47. The molecule has 2 aromatic rings. The van der Waals surface area contributed by atoms with Gasteiger partial charge < -0.3 is 0 Å². The Morgan fingerprint density at radius 2 is 1.95 bits per heavy atom. The Bertz CT molecular complexity index is 671. The predicted octanol–water partition coefficient (Wildman–Crippen LogP) is 4.00. The van der Waals surface area contributed by atoms with E-state index >= 15 is 0 Å². The van der Waals surface area contributed by atoms with Crippen molar-refractivity contribution < 1.29 is 4.79 Å². The van der Waals surface area contributed by atoms with Crippen LogP contribution in [0.15, 0.2) is 47.8 Å². The fourth-order valence-electron chi connectivity index (χ4n) is 1.94. The molecule has 0 aliphatic rings. The number of rotatable bonds is 4. The smallest absolute Gasteiger partial charge is 0.195 e. The number of ketones is 1. The molecule has 0 atom stereocenters. The van der Waals surface area contributed by atoms with Crippen molar-refractivity contribution in [3.63, 3.8) is 0 Å². The van der Waals surface area contributed by atoms with Crippen molar-refractivity contribution in [2.45, 2.75) is 6.92 Å². The third kappa shape index (κ3) is 2.86. The Kier molecular flexibility index (Phi) is 4.15. The molecule has 0 radical (unpaired) electrons. The zero-order chi connectivity index (χ0) is 14.7. The van der Waals surface area contributed by atoms with Crippen molar-refractivity contribution in [2.75, 3.05) is 12.1 Å². The summed E-state index contributed by atoms with van der Waals surface area (Å²) in [6, 6.07) is 12.0. The molecule has 0 spiro atoms. The van der Waals surface area contributed by atoms with Gasteiger partial charge in [0.05, 0.1) is 11.0 Å². The van der Waals surface area contributed by atoms with Gasteiger partial charge in [0.2, 0.25) is 0 Å². The lowest BCUT2D eigenvalue weighted by Crippen LogP contribution is -2.13. The van der Waals surface area contributed by atoms with E-state index in [9.17, 15) is 9.70 Å². The van der Waals surface area contributed by atoms with Crippen LogP contribution in [0.3, 0.4) is 0 Å². The molecule has 0 saturated heterocycles. The van der Waals surface area contributed by atoms with Crippen LogP contribution in [0.1, 0.15) is 21.5 Å². The minimum atomic E-state index is -0.193. The number of carbonyl (C=O) groups excluding carboxylic acids is 1. The van der Waals surface area contributed by atoms with Crippen molar-refractivity contribution in [1.82, 2.24) is 0 Å². The lowest BCUT2D eigenvalue weighted by molar-refractivity contribution is 0.103. The Labute approximate surface area is 121 Å². The molecule has 0 bridgehead atoms. The van der Waals surface area contributed by atoms with E-state index in [1.807, 2.05) is 13.0 Å². The fraction of sp³-hybridized carbons (Fsp3) is 0.133. The molecule has 0 heterocycles. The molecule has 0 saturated carbocycles. The van der Waals surface area contributed by atoms with Gasteiger partial charge in [-0.05, 0) is 31.2 Å². The molecule has 0 aliphatic carbocycles. The summed E-state index contributed by atoms with van der Waals surface area (Å²) in [6.45, 7) is 1.88. The quantitative estimate of drug-likeness (QED) is 0.485. The monoisotopic (exact) mass is 288 g/mol. The molecule has 2 rings (SSSR count). The number of nitrogens with zero attached hydrogens (tertiary/aromatic N) is 2. The van der Waals surface area contributed by atoms with E-state index < -0.39 is 0 Å². The molecule has 0 unspecified atom stereocenters. The van der Waals surface area contributed by atoms with Gasteiger partial charge in [0.1, 0.15) is 0 Å². The van der Waals surface area contributed by atoms with Gasteiger partial charge in [0.15, 0.2) is 5.78 Å². The molecule has 0 amide bonds. The summed E-state index contributed by atoms with van der Waals surface area (Å²) < 4.78 is 0. The zero-order valence-electron chi connectivity index (χ0n) is 11.1. The second-order valence-corrected chi connectivity index (χ2v) is 4.90. The summed E-state index contributed by atoms with van der Waals surface area (Å²) in [6.07, 6.45) is 0. The van der Waals surface area contributed by atoms with Crippen LogP contribution in [0.5, 0.6) is 0 Å². The molecule has 20 heavy (non-hydrogen) atoms. The highest BCUT2D eigenvalue weighted by atomic mass is 35.5. The summed E-state index contributed by atoms with van der Waals surface area (Å²) >= 11 is 5.91. The molecule has 4 nitrogen and oxygen atoms in total. The van der Waals surface area contributed by atoms with E-state index in [-0.39, 0.29) is 5.78 Å². The molecule has 2 aromatic carbocycles. The number of anilines is 1. The molecule has 5 heteroatoms. The molecule has 0 N–H and O–H groups in total. The first-order chi connectivity index (χ1) is 9.52. The molecule has 0 aliphatic heterocycles. The Morgan fingerprint density at radius 1 is 1.20 bits per heavy atom. The van der Waals surface area contributed by atoms with E-state index in [1.165, 1.54) is 7.05 Å². The van der Waals surface area contributed by atoms with E-state index in [0.717, 1.165) is 10.6 Å². The maximum atomic E-state index is 12.6. The van der Waals surface area contributed by atoms with Gasteiger partial charge in [-0.3, -0.25) is 4.79 Å². The number of hydrogen-bond acceptors (Lipinski definition) is 3. The average molecular weight is 289 g/mol. The number of nitroso groups, excluding NO2 is 1. The third-order valence-corrected chi connectivity index (χ3v) is 3.19. The standard InChI is InChI=1S/C15H13ClN2O2/c1-10-6-7-14(18(2)17-20)13(8-10)15(19)11-4-3-5-12(16)9-11/h3-9H,1-2H3. The van der Waals surface area contributed by atoms with Crippen LogP contribution in [0, 0.1) is 11.8 Å². The van der Waals surface area contributed by atoms with E-state index in [1.54, 1.807) is 36.4 Å². The van der Waals surface area contributed by atoms with Crippen LogP contribution in [0.2, 0.25) is 5.02 Å². The maximum Gasteiger partial charge on any atom is 0.195 e. The summed E-state index contributed by atoms with van der Waals surface area (Å²) in [7, 11) is 1.51. The van der Waals surface area contributed by atoms with Crippen molar-refractivity contribution in [3.8, 4) is 0 Å². The fourth-order valence-corrected chi connectivity index (χ4v) is 2.13. The van der Waals surface area contributed by atoms with Gasteiger partial charge in [0, 0.05) is 23.2 Å². The first kappa shape index (κ1) is 14.2. The van der Waals surface area contributed by atoms with Crippen molar-refractivity contribution in [1.29, 1.82) is 0 Å². The SMILES string of the molecule is Cc1ccc(N(C)N=O)c(C(=O)c2cccc(Cl)c2)c1. The number of aryl methyl sites for hydroxylation is 1. The Hall–Kier alpha value is -2.20. The van der Waals surface area contributed by atoms with E-state index in [0.29, 0.717) is 21.8 Å². The largest absolute Gasteiger partial charge is 0.289 e. The zero-order valence-corrected chi connectivity index (χ0v) is 11.9. The van der Waals surface area contributed by atoms with Crippen LogP contribution in [0.4, 0.5) is 5.69 Å². The van der Waals surface area contributed by atoms with Gasteiger partial charge in [-0.2, -0.15) is 0 Å². The van der Waals surface area contributed by atoms with Gasteiger partial charge in [0.25, 0.3) is 0 Å². The van der Waals surface area contributed by atoms with Crippen LogP contribution >= 0.6 is 11.6 Å². The highest BCUT2D eigenvalue weighted by Crippen LogP contribution is 2.25. The topological polar surface area (TPSA) is 49.7 Å². The molecule has 102 valence electrons. The summed E-state index contributed by atoms with van der Waals surface area (Å²) in [5.74, 6) is -0.193. The van der Waals surface area contributed by atoms with Crippen molar-refractivity contribution in [3.05, 3.63) is 69.1 Å². The van der Waals surface area contributed by atoms with Crippen LogP contribution in [-0.2, 0) is 0 Å². The van der Waals surface area contributed by atoms with Crippen molar-refractivity contribution in [2.24, 2.45) is 5.29 Å². The normalized spacial score (nSPS) is 10.2. The summed E-state index contributed by atoms with van der Waals surface area (Å²) in [4.78, 5) is 23.3. The first-order valence-electron chi connectivity index (χ1n) is 6.01. The summed E-state index contributed by atoms with van der Waals surface area (Å²) in [5, 5.41) is 4.48. The van der Waals surface area contributed by atoms with Crippen LogP contribution in [-0.4, -0.2) is 12.8 Å². The summed E-state index contributed by atoms with van der Waals surface area (Å²) in [5.41, 5.74) is 2.30. The average Bonchev–Trinajstić information content (AvgIpc) is 2.45. The predicted molar refractivity (Wildman–Crippen MR) is 80.3 cm³/mol. The lowest BCUT2D eigenvalue weighted by Gasteiger charge is -2.14. The van der Waals surface area contributed by atoms with Gasteiger partial charge in [-0.25, -0.2) is 5.01 Å². The second kappa shape index (κ2) is 5.84. The first-order valence-corrected chi connectivity index (χ1v) is 6.38. The Balaban J connectivity index is 2.53. The molecular formula is C15H13ClN2O2. The number of halogens is 1. The number of hydrogen-bond donors (Lipinski definition) is 0.